The van der Waals surface area contributed by atoms with E-state index in [9.17, 15) is 4.79 Å². The summed E-state index contributed by atoms with van der Waals surface area (Å²) in [6.45, 7) is 14.5. The SMILES string of the molecule is CCN(CC)CC1C2CCC(C)(C1OC(=O)Nc1ccccc1OC)C2(C)C.Cl. The number of anilines is 1. The van der Waals surface area contributed by atoms with Crippen molar-refractivity contribution in [2.75, 3.05) is 32.1 Å². The van der Waals surface area contributed by atoms with Crippen LogP contribution in [0, 0.1) is 22.7 Å². The third kappa shape index (κ3) is 4.09. The number of carbonyl (C=O) groups excluding carboxylic acids is 1. The van der Waals surface area contributed by atoms with E-state index in [1.54, 1.807) is 7.11 Å². The van der Waals surface area contributed by atoms with E-state index in [0.29, 0.717) is 23.3 Å². The van der Waals surface area contributed by atoms with E-state index in [1.807, 2.05) is 24.3 Å². The molecule has 0 heterocycles. The minimum atomic E-state index is -0.386. The zero-order valence-corrected chi connectivity index (χ0v) is 19.5. The molecular formula is C23H37ClN2O3. The largest absolute Gasteiger partial charge is 0.495 e. The lowest BCUT2D eigenvalue weighted by Gasteiger charge is -2.40. The first-order valence-electron chi connectivity index (χ1n) is 10.6. The fourth-order valence-electron chi connectivity index (χ4n) is 5.73. The average Bonchev–Trinajstić information content (AvgIpc) is 2.99. The maximum Gasteiger partial charge on any atom is 0.412 e. The second kappa shape index (κ2) is 9.13. The molecule has 5 nitrogen and oxygen atoms in total. The van der Waals surface area contributed by atoms with Gasteiger partial charge in [0.05, 0.1) is 12.8 Å². The van der Waals surface area contributed by atoms with Gasteiger partial charge in [-0.15, -0.1) is 12.4 Å². The van der Waals surface area contributed by atoms with Crippen LogP contribution in [0.25, 0.3) is 0 Å². The Hall–Kier alpha value is -1.46. The lowest BCUT2D eigenvalue weighted by molar-refractivity contribution is -0.0258. The molecule has 0 radical (unpaired) electrons. The van der Waals surface area contributed by atoms with Crippen LogP contribution in [0.15, 0.2) is 24.3 Å². The van der Waals surface area contributed by atoms with Crippen LogP contribution in [0.1, 0.15) is 47.5 Å². The molecule has 1 aromatic carbocycles. The molecule has 0 spiro atoms. The van der Waals surface area contributed by atoms with E-state index < -0.39 is 0 Å². The Morgan fingerprint density at radius 2 is 1.86 bits per heavy atom. The summed E-state index contributed by atoms with van der Waals surface area (Å²) in [6, 6.07) is 7.43. The molecule has 6 heteroatoms. The molecule has 2 bridgehead atoms. The summed E-state index contributed by atoms with van der Waals surface area (Å²) >= 11 is 0. The molecule has 2 aliphatic rings. The van der Waals surface area contributed by atoms with Gasteiger partial charge in [0.1, 0.15) is 11.9 Å². The predicted molar refractivity (Wildman–Crippen MR) is 120 cm³/mol. The van der Waals surface area contributed by atoms with Crippen molar-refractivity contribution >= 4 is 24.2 Å². The number of halogens is 1. The summed E-state index contributed by atoms with van der Waals surface area (Å²) < 4.78 is 11.5. The highest BCUT2D eigenvalue weighted by Crippen LogP contribution is 2.68. The van der Waals surface area contributed by atoms with Crippen molar-refractivity contribution in [2.45, 2.75) is 53.6 Å². The smallest absolute Gasteiger partial charge is 0.412 e. The second-order valence-electron chi connectivity index (χ2n) is 9.09. The van der Waals surface area contributed by atoms with Gasteiger partial charge in [0.15, 0.2) is 0 Å². The van der Waals surface area contributed by atoms with Crippen LogP contribution in [0.5, 0.6) is 5.75 Å². The van der Waals surface area contributed by atoms with E-state index in [2.05, 4.69) is 44.8 Å². The molecule has 1 aromatic rings. The quantitative estimate of drug-likeness (QED) is 0.632. The van der Waals surface area contributed by atoms with Gasteiger partial charge in [0, 0.05) is 17.9 Å². The molecular weight excluding hydrogens is 388 g/mol. The van der Waals surface area contributed by atoms with Crippen molar-refractivity contribution in [3.63, 3.8) is 0 Å². The first-order valence-corrected chi connectivity index (χ1v) is 10.6. The molecule has 2 saturated carbocycles. The molecule has 4 unspecified atom stereocenters. The third-order valence-electron chi connectivity index (χ3n) is 7.85. The molecule has 29 heavy (non-hydrogen) atoms. The molecule has 2 fully saturated rings. The third-order valence-corrected chi connectivity index (χ3v) is 7.85. The van der Waals surface area contributed by atoms with Crippen molar-refractivity contribution in [3.8, 4) is 5.75 Å². The first kappa shape index (κ1) is 23.8. The number of ether oxygens (including phenoxy) is 2. The van der Waals surface area contributed by atoms with Gasteiger partial charge < -0.3 is 14.4 Å². The van der Waals surface area contributed by atoms with Gasteiger partial charge in [-0.1, -0.05) is 46.8 Å². The number of amides is 1. The Kier molecular flexibility index (Phi) is 7.50. The minimum absolute atomic E-state index is 0. The number of fused-ring (bicyclic) bond motifs is 2. The highest BCUT2D eigenvalue weighted by Gasteiger charge is 2.67. The van der Waals surface area contributed by atoms with Crippen molar-refractivity contribution < 1.29 is 14.3 Å². The Morgan fingerprint density at radius 1 is 1.21 bits per heavy atom. The van der Waals surface area contributed by atoms with Crippen LogP contribution in [-0.4, -0.2) is 43.8 Å². The summed E-state index contributed by atoms with van der Waals surface area (Å²) in [7, 11) is 1.60. The van der Waals surface area contributed by atoms with Gasteiger partial charge in [-0.25, -0.2) is 4.79 Å². The lowest BCUT2D eigenvalue weighted by atomic mass is 9.70. The van der Waals surface area contributed by atoms with E-state index in [1.165, 1.54) is 6.42 Å². The number of rotatable bonds is 7. The fraction of sp³-hybridized carbons (Fsp3) is 0.696. The van der Waals surface area contributed by atoms with Gasteiger partial charge in [-0.3, -0.25) is 5.32 Å². The van der Waals surface area contributed by atoms with Crippen molar-refractivity contribution in [2.24, 2.45) is 22.7 Å². The van der Waals surface area contributed by atoms with E-state index in [-0.39, 0.29) is 35.4 Å². The molecule has 4 atom stereocenters. The molecule has 0 aliphatic heterocycles. The number of carbonyl (C=O) groups is 1. The van der Waals surface area contributed by atoms with Gasteiger partial charge >= 0.3 is 6.09 Å². The van der Waals surface area contributed by atoms with Crippen molar-refractivity contribution in [1.29, 1.82) is 0 Å². The van der Waals surface area contributed by atoms with Crippen LogP contribution < -0.4 is 10.1 Å². The summed E-state index contributed by atoms with van der Waals surface area (Å²) in [5.41, 5.74) is 0.816. The van der Waals surface area contributed by atoms with Gasteiger partial charge in [0.2, 0.25) is 0 Å². The standard InChI is InChI=1S/C23H36N2O3.ClH/c1-7-25(8-2)15-16-17-13-14-23(5,22(17,3)4)20(16)28-21(26)24-18-11-9-10-12-19(18)27-6;/h9-12,16-17,20H,7-8,13-15H2,1-6H3,(H,24,26);1H. The zero-order valence-electron chi connectivity index (χ0n) is 18.7. The van der Waals surface area contributed by atoms with Crippen molar-refractivity contribution in [1.82, 2.24) is 4.90 Å². The molecule has 1 amide bonds. The fourth-order valence-corrected chi connectivity index (χ4v) is 5.73. The Labute approximate surface area is 181 Å². The number of benzene rings is 1. The second-order valence-corrected chi connectivity index (χ2v) is 9.09. The number of nitrogens with zero attached hydrogens (tertiary/aromatic N) is 1. The average molecular weight is 425 g/mol. The summed E-state index contributed by atoms with van der Waals surface area (Å²) in [5.74, 6) is 1.60. The lowest BCUT2D eigenvalue weighted by Crippen LogP contribution is -2.45. The Morgan fingerprint density at radius 3 is 2.48 bits per heavy atom. The minimum Gasteiger partial charge on any atom is -0.495 e. The molecule has 2 aliphatic carbocycles. The highest BCUT2D eigenvalue weighted by atomic mass is 35.5. The molecule has 0 aromatic heterocycles. The normalized spacial score (nSPS) is 29.4. The number of nitrogens with one attached hydrogen (secondary N) is 1. The number of para-hydroxylation sites is 2. The van der Waals surface area contributed by atoms with Gasteiger partial charge in [0.25, 0.3) is 0 Å². The highest BCUT2D eigenvalue weighted by molar-refractivity contribution is 5.86. The first-order chi connectivity index (χ1) is 13.3. The molecule has 1 N–H and O–H groups in total. The van der Waals surface area contributed by atoms with Gasteiger partial charge in [-0.05, 0) is 49.4 Å². The van der Waals surface area contributed by atoms with Gasteiger partial charge in [-0.2, -0.15) is 0 Å². The maximum absolute atomic E-state index is 12.8. The predicted octanol–water partition coefficient (Wildman–Crippen LogP) is 5.45. The topological polar surface area (TPSA) is 50.8 Å². The molecule has 3 rings (SSSR count). The van der Waals surface area contributed by atoms with E-state index >= 15 is 0 Å². The number of hydrogen-bond donors (Lipinski definition) is 1. The van der Waals surface area contributed by atoms with E-state index in [4.69, 9.17) is 9.47 Å². The summed E-state index contributed by atoms with van der Waals surface area (Å²) in [5, 5.41) is 2.89. The Balaban J connectivity index is 0.00000300. The number of hydrogen-bond acceptors (Lipinski definition) is 4. The Bertz CT molecular complexity index is 707. The van der Waals surface area contributed by atoms with Crippen LogP contribution in [0.3, 0.4) is 0 Å². The van der Waals surface area contributed by atoms with Crippen molar-refractivity contribution in [3.05, 3.63) is 24.3 Å². The van der Waals surface area contributed by atoms with Crippen LogP contribution in [0.2, 0.25) is 0 Å². The number of methoxy groups -OCH3 is 1. The monoisotopic (exact) mass is 424 g/mol. The van der Waals surface area contributed by atoms with Crippen LogP contribution in [0.4, 0.5) is 10.5 Å². The molecule has 0 saturated heterocycles. The molecule has 164 valence electrons. The maximum atomic E-state index is 12.8. The summed E-state index contributed by atoms with van der Waals surface area (Å²) in [4.78, 5) is 15.3. The zero-order chi connectivity index (χ0) is 20.5. The van der Waals surface area contributed by atoms with E-state index in [0.717, 1.165) is 26.1 Å². The van der Waals surface area contributed by atoms with Crippen LogP contribution >= 0.6 is 12.4 Å². The van der Waals surface area contributed by atoms with Crippen LogP contribution in [-0.2, 0) is 4.74 Å². The summed E-state index contributed by atoms with van der Waals surface area (Å²) in [6.07, 6.45) is 1.88.